The third kappa shape index (κ3) is 1.33. The van der Waals surface area contributed by atoms with Crippen molar-refractivity contribution < 1.29 is 0 Å². The average Bonchev–Trinajstić information content (AvgIpc) is 3.01. The van der Waals surface area contributed by atoms with Crippen LogP contribution in [0.1, 0.15) is 30.6 Å². The van der Waals surface area contributed by atoms with Crippen molar-refractivity contribution in [3.8, 4) is 0 Å². The predicted octanol–water partition coefficient (Wildman–Crippen LogP) is 3.38. The molecule has 0 spiro atoms. The van der Waals surface area contributed by atoms with Crippen molar-refractivity contribution in [2.24, 2.45) is 0 Å². The van der Waals surface area contributed by atoms with Crippen LogP contribution in [0.3, 0.4) is 0 Å². The molecule has 0 bridgehead atoms. The molecule has 2 fully saturated rings. The molecular formula is C14H16N2S. The molecule has 2 aromatic heterocycles. The van der Waals surface area contributed by atoms with Gasteiger partial charge in [-0.2, -0.15) is 0 Å². The molecule has 0 unspecified atom stereocenters. The molecule has 0 saturated carbocycles. The van der Waals surface area contributed by atoms with Crippen LogP contribution in [0.25, 0.3) is 10.2 Å². The summed E-state index contributed by atoms with van der Waals surface area (Å²) >= 11 is 1.96. The minimum absolute atomic E-state index is 0.380. The molecule has 17 heavy (non-hydrogen) atoms. The number of thiophene rings is 1. The molecule has 4 rings (SSSR count). The Morgan fingerprint density at radius 2 is 2.06 bits per heavy atom. The van der Waals surface area contributed by atoms with Gasteiger partial charge in [-0.3, -0.25) is 9.88 Å². The lowest BCUT2D eigenvalue weighted by atomic mass is 9.92. The maximum atomic E-state index is 4.48. The monoisotopic (exact) mass is 244 g/mol. The molecule has 0 aromatic carbocycles. The highest BCUT2D eigenvalue weighted by molar-refractivity contribution is 7.19. The van der Waals surface area contributed by atoms with Crippen LogP contribution in [-0.2, 0) is 5.54 Å². The number of pyridine rings is 1. The van der Waals surface area contributed by atoms with E-state index in [1.165, 1.54) is 49.0 Å². The molecule has 0 amide bonds. The van der Waals surface area contributed by atoms with Crippen molar-refractivity contribution in [1.82, 2.24) is 9.88 Å². The highest BCUT2D eigenvalue weighted by atomic mass is 32.1. The summed E-state index contributed by atoms with van der Waals surface area (Å²) in [6.07, 6.45) is 7.32. The zero-order chi connectivity index (χ0) is 11.3. The first kappa shape index (κ1) is 10.0. The Morgan fingerprint density at radius 3 is 2.82 bits per heavy atom. The summed E-state index contributed by atoms with van der Waals surface area (Å²) in [7, 11) is 0. The second-order valence-electron chi connectivity index (χ2n) is 5.22. The van der Waals surface area contributed by atoms with Gasteiger partial charge in [-0.25, -0.2) is 0 Å². The second-order valence-corrected chi connectivity index (χ2v) is 6.31. The van der Waals surface area contributed by atoms with Crippen molar-refractivity contribution in [1.29, 1.82) is 0 Å². The SMILES string of the molecule is c1cnc2cc(C34CCCN3CCC4)sc2c1. The van der Waals surface area contributed by atoms with Gasteiger partial charge in [-0.15, -0.1) is 11.3 Å². The first-order valence-corrected chi connectivity index (χ1v) is 7.30. The van der Waals surface area contributed by atoms with E-state index in [2.05, 4.69) is 22.0 Å². The second kappa shape index (κ2) is 3.53. The van der Waals surface area contributed by atoms with Gasteiger partial charge in [0.15, 0.2) is 0 Å². The van der Waals surface area contributed by atoms with Crippen LogP contribution < -0.4 is 0 Å². The number of fused-ring (bicyclic) bond motifs is 2. The van der Waals surface area contributed by atoms with Crippen LogP contribution >= 0.6 is 11.3 Å². The fraction of sp³-hybridized carbons (Fsp3) is 0.500. The van der Waals surface area contributed by atoms with Gasteiger partial charge in [0, 0.05) is 11.1 Å². The lowest BCUT2D eigenvalue weighted by molar-refractivity contribution is 0.202. The van der Waals surface area contributed by atoms with Gasteiger partial charge in [0.05, 0.1) is 15.8 Å². The zero-order valence-electron chi connectivity index (χ0n) is 9.85. The highest BCUT2D eigenvalue weighted by Crippen LogP contribution is 2.49. The van der Waals surface area contributed by atoms with E-state index in [0.717, 1.165) is 0 Å². The van der Waals surface area contributed by atoms with Crippen molar-refractivity contribution in [3.05, 3.63) is 29.3 Å². The summed E-state index contributed by atoms with van der Waals surface area (Å²) in [6.45, 7) is 2.59. The van der Waals surface area contributed by atoms with Crippen molar-refractivity contribution >= 4 is 21.6 Å². The molecule has 2 aromatic rings. The summed E-state index contributed by atoms with van der Waals surface area (Å²) in [5.74, 6) is 0. The van der Waals surface area contributed by atoms with E-state index in [4.69, 9.17) is 0 Å². The van der Waals surface area contributed by atoms with E-state index < -0.39 is 0 Å². The lowest BCUT2D eigenvalue weighted by Gasteiger charge is -2.30. The van der Waals surface area contributed by atoms with Gasteiger partial charge in [0.25, 0.3) is 0 Å². The molecule has 2 nitrogen and oxygen atoms in total. The number of aromatic nitrogens is 1. The Morgan fingerprint density at radius 1 is 1.24 bits per heavy atom. The molecule has 0 atom stereocenters. The maximum Gasteiger partial charge on any atom is 0.0813 e. The Bertz CT molecular complexity index is 517. The first-order chi connectivity index (χ1) is 8.38. The quantitative estimate of drug-likeness (QED) is 0.764. The van der Waals surface area contributed by atoms with E-state index in [1.807, 2.05) is 23.6 Å². The smallest absolute Gasteiger partial charge is 0.0813 e. The van der Waals surface area contributed by atoms with Crippen LogP contribution in [0, 0.1) is 0 Å². The van der Waals surface area contributed by atoms with Crippen LogP contribution in [0.4, 0.5) is 0 Å². The van der Waals surface area contributed by atoms with Gasteiger partial charge in [-0.05, 0) is 57.0 Å². The summed E-state index contributed by atoms with van der Waals surface area (Å²) in [5, 5.41) is 0. The molecule has 0 radical (unpaired) electrons. The van der Waals surface area contributed by atoms with Crippen LogP contribution in [0.2, 0.25) is 0 Å². The predicted molar refractivity (Wildman–Crippen MR) is 71.3 cm³/mol. The minimum atomic E-state index is 0.380. The van der Waals surface area contributed by atoms with E-state index >= 15 is 0 Å². The normalized spacial score (nSPS) is 23.3. The molecule has 2 saturated heterocycles. The molecule has 0 aliphatic carbocycles. The lowest BCUT2D eigenvalue weighted by Crippen LogP contribution is -2.34. The summed E-state index contributed by atoms with van der Waals surface area (Å²) < 4.78 is 1.34. The van der Waals surface area contributed by atoms with Gasteiger partial charge in [0.2, 0.25) is 0 Å². The number of hydrogen-bond donors (Lipinski definition) is 0. The molecule has 4 heterocycles. The molecule has 88 valence electrons. The van der Waals surface area contributed by atoms with Crippen molar-refractivity contribution in [2.75, 3.05) is 13.1 Å². The maximum absolute atomic E-state index is 4.48. The molecule has 2 aliphatic heterocycles. The van der Waals surface area contributed by atoms with Crippen LogP contribution in [0.15, 0.2) is 24.4 Å². The van der Waals surface area contributed by atoms with Gasteiger partial charge in [-0.1, -0.05) is 0 Å². The van der Waals surface area contributed by atoms with E-state index in [9.17, 15) is 0 Å². The van der Waals surface area contributed by atoms with Gasteiger partial charge in [0.1, 0.15) is 0 Å². The standard InChI is InChI=1S/C14H16N2S/c1-4-12-11(15-7-1)10-13(17-12)14-5-2-8-16(14)9-3-6-14/h1,4,7,10H,2-3,5-6,8-9H2. The Labute approximate surface area is 105 Å². The van der Waals surface area contributed by atoms with E-state index in [-0.39, 0.29) is 0 Å². The fourth-order valence-corrected chi connectivity index (χ4v) is 4.90. The van der Waals surface area contributed by atoms with E-state index in [1.54, 1.807) is 4.88 Å². The number of rotatable bonds is 1. The van der Waals surface area contributed by atoms with Gasteiger partial charge >= 0.3 is 0 Å². The Hall–Kier alpha value is -0.930. The van der Waals surface area contributed by atoms with Crippen LogP contribution in [-0.4, -0.2) is 23.0 Å². The van der Waals surface area contributed by atoms with Crippen LogP contribution in [0.5, 0.6) is 0 Å². The molecule has 3 heteroatoms. The third-order valence-corrected chi connectivity index (χ3v) is 5.67. The summed E-state index contributed by atoms with van der Waals surface area (Å²) in [4.78, 5) is 8.74. The Balaban J connectivity index is 1.88. The third-order valence-electron chi connectivity index (χ3n) is 4.39. The van der Waals surface area contributed by atoms with Crippen molar-refractivity contribution in [2.45, 2.75) is 31.2 Å². The number of hydrogen-bond acceptors (Lipinski definition) is 3. The Kier molecular flexibility index (Phi) is 2.08. The highest BCUT2D eigenvalue weighted by Gasteiger charge is 2.46. The first-order valence-electron chi connectivity index (χ1n) is 6.49. The summed E-state index contributed by atoms with van der Waals surface area (Å²) in [6, 6.07) is 6.58. The summed E-state index contributed by atoms with van der Waals surface area (Å²) in [5.41, 5.74) is 1.56. The minimum Gasteiger partial charge on any atom is -0.293 e. The number of nitrogens with zero attached hydrogens (tertiary/aromatic N) is 2. The zero-order valence-corrected chi connectivity index (χ0v) is 10.7. The molecular weight excluding hydrogens is 228 g/mol. The largest absolute Gasteiger partial charge is 0.293 e. The molecule has 0 N–H and O–H groups in total. The van der Waals surface area contributed by atoms with Crippen molar-refractivity contribution in [3.63, 3.8) is 0 Å². The topological polar surface area (TPSA) is 16.1 Å². The van der Waals surface area contributed by atoms with E-state index in [0.29, 0.717) is 5.54 Å². The average molecular weight is 244 g/mol. The molecule has 2 aliphatic rings. The fourth-order valence-electron chi connectivity index (χ4n) is 3.61. The van der Waals surface area contributed by atoms with Gasteiger partial charge < -0.3 is 0 Å².